The zero-order valence-electron chi connectivity index (χ0n) is 11.7. The van der Waals surface area contributed by atoms with Crippen molar-refractivity contribution in [3.05, 3.63) is 59.4 Å². The van der Waals surface area contributed by atoms with Gasteiger partial charge in [0.05, 0.1) is 6.54 Å². The minimum absolute atomic E-state index is 0.0731. The van der Waals surface area contributed by atoms with Gasteiger partial charge in [0.1, 0.15) is 22.9 Å². The average Bonchev–Trinajstić information content (AvgIpc) is 2.82. The molecule has 0 unspecified atom stereocenters. The summed E-state index contributed by atoms with van der Waals surface area (Å²) in [5.41, 5.74) is -1.29. The number of aromatic nitrogens is 1. The summed E-state index contributed by atoms with van der Waals surface area (Å²) in [5.74, 6) is -1.96. The lowest BCUT2D eigenvalue weighted by Gasteiger charge is -2.24. The Morgan fingerprint density at radius 3 is 2.67 bits per heavy atom. The van der Waals surface area contributed by atoms with Gasteiger partial charge in [0, 0.05) is 24.9 Å². The molecule has 0 saturated heterocycles. The van der Waals surface area contributed by atoms with Crippen LogP contribution in [0.1, 0.15) is 23.0 Å². The molecule has 1 atom stereocenters. The molecule has 1 amide bonds. The van der Waals surface area contributed by atoms with E-state index < -0.39 is 17.2 Å². The monoisotopic (exact) mass is 294 g/mol. The number of amides is 1. The Morgan fingerprint density at radius 1 is 1.38 bits per heavy atom. The van der Waals surface area contributed by atoms with Crippen molar-refractivity contribution in [3.63, 3.8) is 0 Å². The van der Waals surface area contributed by atoms with Crippen LogP contribution >= 0.6 is 0 Å². The van der Waals surface area contributed by atoms with Gasteiger partial charge in [-0.25, -0.2) is 8.78 Å². The summed E-state index contributed by atoms with van der Waals surface area (Å²) in [6.07, 6.45) is 1.71. The molecular formula is C15H16F2N2O2. The van der Waals surface area contributed by atoms with Crippen molar-refractivity contribution in [2.45, 2.75) is 12.5 Å². The van der Waals surface area contributed by atoms with Crippen molar-refractivity contribution in [1.82, 2.24) is 9.88 Å². The second-order valence-corrected chi connectivity index (χ2v) is 5.09. The molecule has 0 aliphatic carbocycles. The maximum absolute atomic E-state index is 13.7. The molecule has 1 heterocycles. The number of hydrogen-bond acceptors (Lipinski definition) is 2. The number of aliphatic hydroxyl groups is 1. The number of halogens is 2. The highest BCUT2D eigenvalue weighted by Gasteiger charge is 2.27. The second kappa shape index (κ2) is 5.65. The molecule has 2 aromatic rings. The summed E-state index contributed by atoms with van der Waals surface area (Å²) < 4.78 is 28.2. The van der Waals surface area contributed by atoms with Crippen LogP contribution in [0, 0.1) is 11.6 Å². The number of nitrogens with one attached hydrogen (secondary N) is 1. The number of rotatable bonds is 4. The van der Waals surface area contributed by atoms with Crippen molar-refractivity contribution in [2.75, 3.05) is 6.54 Å². The van der Waals surface area contributed by atoms with Crippen molar-refractivity contribution in [3.8, 4) is 0 Å². The predicted molar refractivity (Wildman–Crippen MR) is 73.7 cm³/mol. The van der Waals surface area contributed by atoms with Crippen LogP contribution in [0.25, 0.3) is 0 Å². The molecule has 2 N–H and O–H groups in total. The Hall–Kier alpha value is -2.21. The Morgan fingerprint density at radius 2 is 2.10 bits per heavy atom. The van der Waals surface area contributed by atoms with Gasteiger partial charge in [-0.2, -0.15) is 0 Å². The van der Waals surface area contributed by atoms with Crippen LogP contribution in [-0.4, -0.2) is 22.1 Å². The van der Waals surface area contributed by atoms with Crippen LogP contribution in [0.2, 0.25) is 0 Å². The maximum Gasteiger partial charge on any atom is 0.268 e. The van der Waals surface area contributed by atoms with Gasteiger partial charge in [0.2, 0.25) is 0 Å². The summed E-state index contributed by atoms with van der Waals surface area (Å²) in [4.78, 5) is 11.9. The van der Waals surface area contributed by atoms with Crippen LogP contribution in [0.4, 0.5) is 8.78 Å². The van der Waals surface area contributed by atoms with Crippen LogP contribution in [0.5, 0.6) is 0 Å². The molecule has 0 aliphatic heterocycles. The van der Waals surface area contributed by atoms with Gasteiger partial charge >= 0.3 is 0 Å². The molecule has 1 aromatic heterocycles. The fraction of sp³-hybridized carbons (Fsp3) is 0.267. The summed E-state index contributed by atoms with van der Waals surface area (Å²) >= 11 is 0. The predicted octanol–water partition coefficient (Wildman–Crippen LogP) is 1.94. The normalized spacial score (nSPS) is 13.8. The number of carbonyl (C=O) groups is 1. The van der Waals surface area contributed by atoms with E-state index in [1.165, 1.54) is 13.0 Å². The summed E-state index contributed by atoms with van der Waals surface area (Å²) in [7, 11) is 1.71. The highest BCUT2D eigenvalue weighted by atomic mass is 19.1. The third kappa shape index (κ3) is 3.28. The van der Waals surface area contributed by atoms with Gasteiger partial charge in [-0.1, -0.05) is 6.07 Å². The van der Waals surface area contributed by atoms with E-state index >= 15 is 0 Å². The van der Waals surface area contributed by atoms with Crippen LogP contribution in [-0.2, 0) is 12.6 Å². The number of aryl methyl sites for hydroxylation is 1. The van der Waals surface area contributed by atoms with Crippen LogP contribution in [0.15, 0.2) is 36.5 Å². The Bertz CT molecular complexity index is 665. The molecule has 2 rings (SSSR count). The molecule has 0 saturated carbocycles. The molecule has 0 aliphatic rings. The molecule has 6 heteroatoms. The topological polar surface area (TPSA) is 54.3 Å². The maximum atomic E-state index is 13.7. The van der Waals surface area contributed by atoms with E-state index in [-0.39, 0.29) is 18.0 Å². The number of nitrogens with zero attached hydrogens (tertiary/aromatic N) is 1. The van der Waals surface area contributed by atoms with Crippen molar-refractivity contribution >= 4 is 5.91 Å². The highest BCUT2D eigenvalue weighted by molar-refractivity contribution is 5.92. The van der Waals surface area contributed by atoms with E-state index in [0.717, 1.165) is 6.07 Å². The molecule has 0 radical (unpaired) electrons. The molecule has 0 spiro atoms. The minimum atomic E-state index is -1.64. The number of benzene rings is 1. The molecule has 1 aromatic carbocycles. The van der Waals surface area contributed by atoms with Crippen molar-refractivity contribution in [1.29, 1.82) is 0 Å². The summed E-state index contributed by atoms with van der Waals surface area (Å²) in [6, 6.07) is 6.27. The first-order valence-electron chi connectivity index (χ1n) is 6.39. The first-order chi connectivity index (χ1) is 9.81. The SMILES string of the molecule is Cn1cccc1C(=O)NC[C@](C)(O)c1ccc(F)cc1F. The van der Waals surface area contributed by atoms with Gasteiger partial charge in [-0.05, 0) is 25.1 Å². The Labute approximate surface area is 121 Å². The van der Waals surface area contributed by atoms with E-state index in [9.17, 15) is 18.7 Å². The second-order valence-electron chi connectivity index (χ2n) is 5.09. The lowest BCUT2D eigenvalue weighted by atomic mass is 9.95. The lowest BCUT2D eigenvalue weighted by Crippen LogP contribution is -2.39. The standard InChI is InChI=1S/C15H16F2N2O2/c1-15(21,11-6-5-10(16)8-12(11)17)9-18-14(20)13-4-3-7-19(13)2/h3-8,21H,9H2,1-2H3,(H,18,20)/t15-/m0/s1. The third-order valence-electron chi connectivity index (χ3n) is 3.28. The zero-order valence-corrected chi connectivity index (χ0v) is 11.7. The molecule has 4 nitrogen and oxygen atoms in total. The quantitative estimate of drug-likeness (QED) is 0.905. The lowest BCUT2D eigenvalue weighted by molar-refractivity contribution is 0.0492. The van der Waals surface area contributed by atoms with E-state index in [1.807, 2.05) is 0 Å². The largest absolute Gasteiger partial charge is 0.383 e. The highest BCUT2D eigenvalue weighted by Crippen LogP contribution is 2.23. The Balaban J connectivity index is 2.11. The van der Waals surface area contributed by atoms with E-state index in [4.69, 9.17) is 0 Å². The molecular weight excluding hydrogens is 278 g/mol. The molecule has 21 heavy (non-hydrogen) atoms. The number of carbonyl (C=O) groups excluding carboxylic acids is 1. The molecule has 112 valence electrons. The third-order valence-corrected chi connectivity index (χ3v) is 3.28. The smallest absolute Gasteiger partial charge is 0.268 e. The zero-order chi connectivity index (χ0) is 15.6. The van der Waals surface area contributed by atoms with Crippen LogP contribution in [0.3, 0.4) is 0 Å². The number of hydrogen-bond donors (Lipinski definition) is 2. The van der Waals surface area contributed by atoms with Crippen molar-refractivity contribution in [2.24, 2.45) is 7.05 Å². The van der Waals surface area contributed by atoms with Gasteiger partial charge < -0.3 is 15.0 Å². The van der Waals surface area contributed by atoms with Crippen molar-refractivity contribution < 1.29 is 18.7 Å². The molecule has 0 bridgehead atoms. The molecule has 0 fully saturated rings. The van der Waals surface area contributed by atoms with Gasteiger partial charge in [-0.3, -0.25) is 4.79 Å². The Kier molecular flexibility index (Phi) is 4.09. The van der Waals surface area contributed by atoms with Crippen LogP contribution < -0.4 is 5.32 Å². The fourth-order valence-corrected chi connectivity index (χ4v) is 2.06. The van der Waals surface area contributed by atoms with Gasteiger partial charge in [-0.15, -0.1) is 0 Å². The van der Waals surface area contributed by atoms with Gasteiger partial charge in [0.15, 0.2) is 0 Å². The van der Waals surface area contributed by atoms with E-state index in [0.29, 0.717) is 11.8 Å². The fourth-order valence-electron chi connectivity index (χ4n) is 2.06. The minimum Gasteiger partial charge on any atom is -0.383 e. The summed E-state index contributed by atoms with van der Waals surface area (Å²) in [5, 5.41) is 12.8. The first-order valence-corrected chi connectivity index (χ1v) is 6.39. The average molecular weight is 294 g/mol. The van der Waals surface area contributed by atoms with Gasteiger partial charge in [0.25, 0.3) is 5.91 Å². The summed E-state index contributed by atoms with van der Waals surface area (Å²) in [6.45, 7) is 1.16. The van der Waals surface area contributed by atoms with E-state index in [1.54, 1.807) is 29.9 Å². The first kappa shape index (κ1) is 15.2. The van der Waals surface area contributed by atoms with E-state index in [2.05, 4.69) is 5.32 Å².